The molecule has 3 heterocycles. The number of nitrogens with zero attached hydrogens (tertiary/aromatic N) is 4. The minimum Gasteiger partial charge on any atom is -0.285 e. The number of anilines is 1. The second-order valence-electron chi connectivity index (χ2n) is 5.52. The van der Waals surface area contributed by atoms with Crippen LogP contribution >= 0.6 is 0 Å². The lowest BCUT2D eigenvalue weighted by molar-refractivity contribution is 0.134. The van der Waals surface area contributed by atoms with Gasteiger partial charge in [0.1, 0.15) is 0 Å². The molecule has 0 spiro atoms. The molecule has 0 radical (unpaired) electrons. The fourth-order valence-electron chi connectivity index (χ4n) is 2.84. The number of nitrogens with one attached hydrogen (secondary N) is 1. The van der Waals surface area contributed by atoms with E-state index in [1.54, 1.807) is 0 Å². The van der Waals surface area contributed by atoms with Gasteiger partial charge in [-0.2, -0.15) is 4.98 Å². The molecule has 1 aliphatic rings. The third-order valence-corrected chi connectivity index (χ3v) is 3.97. The van der Waals surface area contributed by atoms with Crippen LogP contribution in [0.5, 0.6) is 0 Å². The van der Waals surface area contributed by atoms with Crippen LogP contribution in [-0.4, -0.2) is 31.7 Å². The second-order valence-corrected chi connectivity index (χ2v) is 5.52. The van der Waals surface area contributed by atoms with Gasteiger partial charge in [0, 0.05) is 17.8 Å². The van der Waals surface area contributed by atoms with Gasteiger partial charge in [-0.25, -0.2) is 9.52 Å². The molecule has 0 saturated carbocycles. The van der Waals surface area contributed by atoms with Crippen LogP contribution in [0.25, 0.3) is 5.65 Å². The first kappa shape index (κ1) is 12.4. The van der Waals surface area contributed by atoms with Gasteiger partial charge in [-0.15, -0.1) is 5.10 Å². The van der Waals surface area contributed by atoms with Crippen LogP contribution < -0.4 is 5.43 Å². The Morgan fingerprint density at radius 1 is 1.21 bits per heavy atom. The molecule has 1 N–H and O–H groups in total. The van der Waals surface area contributed by atoms with E-state index in [-0.39, 0.29) is 0 Å². The number of hydrogen-bond donors (Lipinski definition) is 1. The lowest BCUT2D eigenvalue weighted by atomic mass is 10.00. The highest BCUT2D eigenvalue weighted by molar-refractivity contribution is 5.44. The van der Waals surface area contributed by atoms with Crippen molar-refractivity contribution >= 4 is 11.6 Å². The summed E-state index contributed by atoms with van der Waals surface area (Å²) in [5, 5.41) is 6.81. The van der Waals surface area contributed by atoms with Crippen molar-refractivity contribution in [2.24, 2.45) is 0 Å². The van der Waals surface area contributed by atoms with Crippen LogP contribution in [0.1, 0.15) is 38.8 Å². The molecule has 2 aromatic rings. The van der Waals surface area contributed by atoms with Gasteiger partial charge in [0.25, 0.3) is 5.95 Å². The summed E-state index contributed by atoms with van der Waals surface area (Å²) >= 11 is 0. The molecule has 1 saturated heterocycles. The molecule has 0 amide bonds. The Kier molecular flexibility index (Phi) is 3.14. The van der Waals surface area contributed by atoms with E-state index in [1.165, 1.54) is 19.3 Å². The predicted molar refractivity (Wildman–Crippen MR) is 76.0 cm³/mol. The van der Waals surface area contributed by atoms with Crippen molar-refractivity contribution in [2.45, 2.75) is 52.1 Å². The standard InChI is InChI=1S/C14H21N5/c1-10-6-4-7-11(2)18(10)16-14-15-13-9-5-8-12(3)19(13)17-14/h5,8-11H,4,6-7H2,1-3H3,(H,16,17). The van der Waals surface area contributed by atoms with Crippen LogP contribution in [0.2, 0.25) is 0 Å². The number of pyridine rings is 1. The summed E-state index contributed by atoms with van der Waals surface area (Å²) in [6, 6.07) is 7.08. The Morgan fingerprint density at radius 3 is 2.63 bits per heavy atom. The van der Waals surface area contributed by atoms with E-state index in [1.807, 2.05) is 29.6 Å². The average Bonchev–Trinajstić information content (AvgIpc) is 2.78. The monoisotopic (exact) mass is 259 g/mol. The van der Waals surface area contributed by atoms with Gasteiger partial charge < -0.3 is 0 Å². The fraction of sp³-hybridized carbons (Fsp3) is 0.571. The van der Waals surface area contributed by atoms with E-state index in [4.69, 9.17) is 0 Å². The number of rotatable bonds is 2. The largest absolute Gasteiger partial charge is 0.285 e. The molecule has 2 atom stereocenters. The van der Waals surface area contributed by atoms with Crippen molar-refractivity contribution in [3.63, 3.8) is 0 Å². The van der Waals surface area contributed by atoms with Crippen LogP contribution in [-0.2, 0) is 0 Å². The smallest absolute Gasteiger partial charge is 0.257 e. The maximum absolute atomic E-state index is 4.54. The summed E-state index contributed by atoms with van der Waals surface area (Å²) in [6.07, 6.45) is 3.76. The summed E-state index contributed by atoms with van der Waals surface area (Å²) < 4.78 is 1.88. The number of hydrazine groups is 1. The third-order valence-electron chi connectivity index (χ3n) is 3.97. The topological polar surface area (TPSA) is 45.5 Å². The summed E-state index contributed by atoms with van der Waals surface area (Å²) in [4.78, 5) is 4.54. The summed E-state index contributed by atoms with van der Waals surface area (Å²) in [5.41, 5.74) is 5.37. The van der Waals surface area contributed by atoms with E-state index in [0.717, 1.165) is 11.3 Å². The lowest BCUT2D eigenvalue weighted by Crippen LogP contribution is -2.47. The summed E-state index contributed by atoms with van der Waals surface area (Å²) in [6.45, 7) is 6.55. The summed E-state index contributed by atoms with van der Waals surface area (Å²) in [5.74, 6) is 0.690. The number of fused-ring (bicyclic) bond motifs is 1. The van der Waals surface area contributed by atoms with E-state index >= 15 is 0 Å². The number of aryl methyl sites for hydroxylation is 1. The van der Waals surface area contributed by atoms with Crippen LogP contribution in [0.4, 0.5) is 5.95 Å². The quantitative estimate of drug-likeness (QED) is 0.900. The van der Waals surface area contributed by atoms with E-state index in [2.05, 4.69) is 34.4 Å². The van der Waals surface area contributed by atoms with E-state index in [0.29, 0.717) is 18.0 Å². The molecule has 3 rings (SSSR count). The number of hydrogen-bond acceptors (Lipinski definition) is 4. The molecule has 1 fully saturated rings. The molecular formula is C14H21N5. The molecule has 102 valence electrons. The Hall–Kier alpha value is -1.62. The molecular weight excluding hydrogens is 238 g/mol. The average molecular weight is 259 g/mol. The third kappa shape index (κ3) is 2.30. The molecule has 0 aromatic carbocycles. The zero-order valence-corrected chi connectivity index (χ0v) is 11.8. The van der Waals surface area contributed by atoms with E-state index in [9.17, 15) is 0 Å². The predicted octanol–water partition coefficient (Wildman–Crippen LogP) is 2.63. The SMILES string of the molecule is Cc1cccc2nc(NN3C(C)CCCC3C)nn12. The maximum atomic E-state index is 4.54. The highest BCUT2D eigenvalue weighted by Gasteiger charge is 2.25. The van der Waals surface area contributed by atoms with Crippen molar-refractivity contribution in [2.75, 3.05) is 5.43 Å². The van der Waals surface area contributed by atoms with E-state index < -0.39 is 0 Å². The molecule has 0 bridgehead atoms. The second kappa shape index (κ2) is 4.81. The number of aromatic nitrogens is 3. The zero-order valence-electron chi connectivity index (χ0n) is 11.8. The Morgan fingerprint density at radius 2 is 1.95 bits per heavy atom. The molecule has 5 heteroatoms. The fourth-order valence-corrected chi connectivity index (χ4v) is 2.84. The molecule has 0 aliphatic carbocycles. The van der Waals surface area contributed by atoms with Gasteiger partial charge in [-0.05, 0) is 45.7 Å². The van der Waals surface area contributed by atoms with Crippen molar-refractivity contribution in [3.05, 3.63) is 23.9 Å². The van der Waals surface area contributed by atoms with Gasteiger partial charge >= 0.3 is 0 Å². The highest BCUT2D eigenvalue weighted by Crippen LogP contribution is 2.22. The first-order valence-corrected chi connectivity index (χ1v) is 7.02. The van der Waals surface area contributed by atoms with Crippen molar-refractivity contribution in [3.8, 4) is 0 Å². The van der Waals surface area contributed by atoms with Crippen molar-refractivity contribution < 1.29 is 0 Å². The van der Waals surface area contributed by atoms with Crippen molar-refractivity contribution in [1.82, 2.24) is 19.6 Å². The van der Waals surface area contributed by atoms with Crippen molar-refractivity contribution in [1.29, 1.82) is 0 Å². The van der Waals surface area contributed by atoms with Crippen LogP contribution in [0, 0.1) is 6.92 Å². The molecule has 19 heavy (non-hydrogen) atoms. The first-order chi connectivity index (χ1) is 9.15. The van der Waals surface area contributed by atoms with Gasteiger partial charge in [-0.1, -0.05) is 12.5 Å². The Bertz CT molecular complexity index is 566. The number of piperidine rings is 1. The van der Waals surface area contributed by atoms with Crippen LogP contribution in [0.3, 0.4) is 0 Å². The zero-order chi connectivity index (χ0) is 13.4. The van der Waals surface area contributed by atoms with Gasteiger partial charge in [0.05, 0.1) is 0 Å². The molecule has 2 aromatic heterocycles. The van der Waals surface area contributed by atoms with Gasteiger partial charge in [0.2, 0.25) is 0 Å². The highest BCUT2D eigenvalue weighted by atomic mass is 15.6. The Labute approximate surface area is 113 Å². The molecule has 1 aliphatic heterocycles. The maximum Gasteiger partial charge on any atom is 0.257 e. The molecule has 2 unspecified atom stereocenters. The minimum absolute atomic E-state index is 0.524. The van der Waals surface area contributed by atoms with Gasteiger partial charge in [-0.3, -0.25) is 5.43 Å². The van der Waals surface area contributed by atoms with Gasteiger partial charge in [0.15, 0.2) is 5.65 Å². The Balaban J connectivity index is 1.86. The lowest BCUT2D eigenvalue weighted by Gasteiger charge is -2.38. The summed E-state index contributed by atoms with van der Waals surface area (Å²) in [7, 11) is 0. The van der Waals surface area contributed by atoms with Crippen LogP contribution in [0.15, 0.2) is 18.2 Å². The first-order valence-electron chi connectivity index (χ1n) is 7.02. The normalized spacial score (nSPS) is 24.8. The molecule has 5 nitrogen and oxygen atoms in total. The minimum atomic E-state index is 0.524.